The molecule has 0 spiro atoms. The van der Waals surface area contributed by atoms with Crippen molar-refractivity contribution in [2.24, 2.45) is 0 Å². The number of halogens is 2. The molecule has 3 nitrogen and oxygen atoms in total. The molecule has 25 heavy (non-hydrogen) atoms. The maximum atomic E-state index is 13.2. The summed E-state index contributed by atoms with van der Waals surface area (Å²) in [5.74, 6) is 0.260. The second-order valence-corrected chi connectivity index (χ2v) is 6.98. The number of alkyl halides is 2. The number of aryl methyl sites for hydroxylation is 1. The first-order valence-corrected chi connectivity index (χ1v) is 8.64. The van der Waals surface area contributed by atoms with E-state index in [9.17, 15) is 8.78 Å². The molecule has 0 aliphatic carbocycles. The zero-order valence-electron chi connectivity index (χ0n) is 14.6. The molecule has 0 bridgehead atoms. The number of nitrogens with one attached hydrogen (secondary N) is 1. The molecule has 0 saturated carbocycles. The van der Waals surface area contributed by atoms with E-state index in [2.05, 4.69) is 49.3 Å². The molecule has 130 valence electrons. The Bertz CT molecular complexity index is 957. The molecule has 3 heterocycles. The molecule has 0 fully saturated rings. The average molecular weight is 341 g/mol. The molecule has 0 amide bonds. The van der Waals surface area contributed by atoms with E-state index in [4.69, 9.17) is 0 Å². The standard InChI is InChI=1S/C20H21F2N3/c1-11(2)17-10-14-4-5-16(19(21)22)24-20(14)25(17)15-8-12(3)18-13(9-15)6-7-23-18/h4-5,8-11,19,23H,6-7H2,1-3H3. The molecule has 0 saturated heterocycles. The van der Waals surface area contributed by atoms with Crippen LogP contribution >= 0.6 is 0 Å². The fraction of sp³-hybridized carbons (Fsp3) is 0.350. The third kappa shape index (κ3) is 2.58. The van der Waals surface area contributed by atoms with Gasteiger partial charge in [0.25, 0.3) is 6.43 Å². The minimum absolute atomic E-state index is 0.179. The van der Waals surface area contributed by atoms with Crippen molar-refractivity contribution in [3.8, 4) is 5.69 Å². The number of hydrogen-bond donors (Lipinski definition) is 1. The maximum absolute atomic E-state index is 13.2. The van der Waals surface area contributed by atoms with Crippen molar-refractivity contribution < 1.29 is 8.78 Å². The molecule has 1 aromatic carbocycles. The van der Waals surface area contributed by atoms with Crippen LogP contribution < -0.4 is 5.32 Å². The SMILES string of the molecule is Cc1cc(-n2c(C(C)C)cc3ccc(C(F)F)nc32)cc2c1NCC2. The summed E-state index contributed by atoms with van der Waals surface area (Å²) in [5.41, 5.74) is 6.15. The summed E-state index contributed by atoms with van der Waals surface area (Å²) >= 11 is 0. The molecular formula is C20H21F2N3. The van der Waals surface area contributed by atoms with Crippen molar-refractivity contribution in [1.29, 1.82) is 0 Å². The summed E-state index contributed by atoms with van der Waals surface area (Å²) in [7, 11) is 0. The predicted octanol–water partition coefficient (Wildman–Crippen LogP) is 5.36. The summed E-state index contributed by atoms with van der Waals surface area (Å²) in [6, 6.07) is 9.49. The number of rotatable bonds is 3. The zero-order chi connectivity index (χ0) is 17.7. The molecule has 0 radical (unpaired) electrons. The number of fused-ring (bicyclic) bond motifs is 2. The van der Waals surface area contributed by atoms with Gasteiger partial charge in [0, 0.05) is 29.0 Å². The van der Waals surface area contributed by atoms with Crippen LogP contribution in [0.4, 0.5) is 14.5 Å². The molecular weight excluding hydrogens is 320 g/mol. The zero-order valence-corrected chi connectivity index (χ0v) is 14.6. The Hall–Kier alpha value is -2.43. The molecule has 1 N–H and O–H groups in total. The second-order valence-electron chi connectivity index (χ2n) is 6.98. The lowest BCUT2D eigenvalue weighted by Gasteiger charge is -2.16. The van der Waals surface area contributed by atoms with Crippen molar-refractivity contribution in [1.82, 2.24) is 9.55 Å². The summed E-state index contributed by atoms with van der Waals surface area (Å²) < 4.78 is 28.4. The second kappa shape index (κ2) is 5.83. The van der Waals surface area contributed by atoms with E-state index in [1.807, 2.05) is 4.57 Å². The third-order valence-electron chi connectivity index (χ3n) is 4.87. The van der Waals surface area contributed by atoms with Gasteiger partial charge in [0.05, 0.1) is 0 Å². The van der Waals surface area contributed by atoms with Crippen LogP contribution in [-0.2, 0) is 6.42 Å². The first kappa shape index (κ1) is 16.1. The maximum Gasteiger partial charge on any atom is 0.280 e. The highest BCUT2D eigenvalue weighted by Crippen LogP contribution is 2.34. The summed E-state index contributed by atoms with van der Waals surface area (Å²) in [5, 5.41) is 4.31. The van der Waals surface area contributed by atoms with Crippen molar-refractivity contribution in [3.63, 3.8) is 0 Å². The predicted molar refractivity (Wildman–Crippen MR) is 97.0 cm³/mol. The Morgan fingerprint density at radius 2 is 1.96 bits per heavy atom. The first-order valence-electron chi connectivity index (χ1n) is 8.64. The van der Waals surface area contributed by atoms with Crippen LogP contribution in [0.5, 0.6) is 0 Å². The summed E-state index contributed by atoms with van der Waals surface area (Å²) in [4.78, 5) is 4.27. The third-order valence-corrected chi connectivity index (χ3v) is 4.87. The van der Waals surface area contributed by atoms with E-state index in [-0.39, 0.29) is 11.6 Å². The fourth-order valence-electron chi connectivity index (χ4n) is 3.67. The quantitative estimate of drug-likeness (QED) is 0.695. The van der Waals surface area contributed by atoms with Gasteiger partial charge in [0.15, 0.2) is 0 Å². The van der Waals surface area contributed by atoms with Crippen LogP contribution in [0, 0.1) is 6.92 Å². The van der Waals surface area contributed by atoms with E-state index in [0.717, 1.165) is 29.7 Å². The smallest absolute Gasteiger partial charge is 0.280 e. The van der Waals surface area contributed by atoms with E-state index < -0.39 is 6.43 Å². The van der Waals surface area contributed by atoms with Crippen LogP contribution in [0.1, 0.15) is 48.7 Å². The highest BCUT2D eigenvalue weighted by atomic mass is 19.3. The number of pyridine rings is 1. The number of benzene rings is 1. The number of nitrogens with zero attached hydrogens (tertiary/aromatic N) is 2. The number of anilines is 1. The lowest BCUT2D eigenvalue weighted by atomic mass is 10.1. The largest absolute Gasteiger partial charge is 0.384 e. The number of aromatic nitrogens is 2. The highest BCUT2D eigenvalue weighted by molar-refractivity contribution is 5.81. The van der Waals surface area contributed by atoms with Crippen LogP contribution in [0.15, 0.2) is 30.3 Å². The molecule has 3 aromatic rings. The van der Waals surface area contributed by atoms with Crippen molar-refractivity contribution in [2.75, 3.05) is 11.9 Å². The van der Waals surface area contributed by atoms with Crippen LogP contribution in [0.2, 0.25) is 0 Å². The molecule has 4 rings (SSSR count). The summed E-state index contributed by atoms with van der Waals surface area (Å²) in [6.07, 6.45) is -1.59. The minimum Gasteiger partial charge on any atom is -0.384 e. The van der Waals surface area contributed by atoms with Gasteiger partial charge in [-0.1, -0.05) is 13.8 Å². The van der Waals surface area contributed by atoms with Gasteiger partial charge >= 0.3 is 0 Å². The Kier molecular flexibility index (Phi) is 3.74. The fourth-order valence-corrected chi connectivity index (χ4v) is 3.67. The molecule has 0 atom stereocenters. The van der Waals surface area contributed by atoms with Crippen molar-refractivity contribution in [2.45, 2.75) is 39.5 Å². The van der Waals surface area contributed by atoms with Gasteiger partial charge in [-0.05, 0) is 60.7 Å². The van der Waals surface area contributed by atoms with Crippen molar-refractivity contribution in [3.05, 3.63) is 52.8 Å². The molecule has 5 heteroatoms. The molecule has 2 aromatic heterocycles. The van der Waals surface area contributed by atoms with E-state index in [1.54, 1.807) is 6.07 Å². The minimum atomic E-state index is -2.57. The van der Waals surface area contributed by atoms with Gasteiger partial charge in [-0.25, -0.2) is 13.8 Å². The molecule has 0 unspecified atom stereocenters. The molecule has 1 aliphatic rings. The molecule has 1 aliphatic heterocycles. The van der Waals surface area contributed by atoms with E-state index in [1.165, 1.54) is 22.9 Å². The van der Waals surface area contributed by atoms with Gasteiger partial charge in [-0.15, -0.1) is 0 Å². The lowest BCUT2D eigenvalue weighted by Crippen LogP contribution is -2.05. The van der Waals surface area contributed by atoms with Crippen LogP contribution in [-0.4, -0.2) is 16.1 Å². The van der Waals surface area contributed by atoms with Crippen molar-refractivity contribution >= 4 is 16.7 Å². The lowest BCUT2D eigenvalue weighted by molar-refractivity contribution is 0.146. The summed E-state index contributed by atoms with van der Waals surface area (Å²) in [6.45, 7) is 7.25. The van der Waals surface area contributed by atoms with Crippen LogP contribution in [0.25, 0.3) is 16.7 Å². The van der Waals surface area contributed by atoms with E-state index in [0.29, 0.717) is 5.65 Å². The average Bonchev–Trinajstić information content (AvgIpc) is 3.18. The number of hydrogen-bond acceptors (Lipinski definition) is 2. The normalized spacial score (nSPS) is 13.7. The van der Waals surface area contributed by atoms with Gasteiger partial charge in [0.2, 0.25) is 0 Å². The van der Waals surface area contributed by atoms with E-state index >= 15 is 0 Å². The Labute approximate surface area is 145 Å². The first-order chi connectivity index (χ1) is 12.0. The van der Waals surface area contributed by atoms with Gasteiger partial charge in [-0.2, -0.15) is 0 Å². The van der Waals surface area contributed by atoms with Gasteiger partial charge in [-0.3, -0.25) is 4.57 Å². The Balaban J connectivity index is 2.00. The topological polar surface area (TPSA) is 29.9 Å². The van der Waals surface area contributed by atoms with Gasteiger partial charge in [0.1, 0.15) is 11.3 Å². The Morgan fingerprint density at radius 1 is 1.16 bits per heavy atom. The Morgan fingerprint density at radius 3 is 2.68 bits per heavy atom. The highest BCUT2D eigenvalue weighted by Gasteiger charge is 2.20. The van der Waals surface area contributed by atoms with Gasteiger partial charge < -0.3 is 5.32 Å². The van der Waals surface area contributed by atoms with Crippen LogP contribution in [0.3, 0.4) is 0 Å². The monoisotopic (exact) mass is 341 g/mol.